The number of aromatic nitrogens is 2. The van der Waals surface area contributed by atoms with Gasteiger partial charge in [-0.05, 0) is 38.1 Å². The molecule has 32 heavy (non-hydrogen) atoms. The Bertz CT molecular complexity index is 1090. The van der Waals surface area contributed by atoms with Crippen molar-refractivity contribution < 1.29 is 9.59 Å². The van der Waals surface area contributed by atoms with Crippen LogP contribution in [0.15, 0.2) is 54.9 Å². The Morgan fingerprint density at radius 3 is 2.44 bits per heavy atom. The summed E-state index contributed by atoms with van der Waals surface area (Å²) in [7, 11) is 0. The minimum absolute atomic E-state index is 0.00320. The van der Waals surface area contributed by atoms with E-state index in [4.69, 9.17) is 4.98 Å². The van der Waals surface area contributed by atoms with Crippen LogP contribution >= 0.6 is 0 Å². The Morgan fingerprint density at radius 2 is 1.75 bits per heavy atom. The second-order valence-electron chi connectivity index (χ2n) is 7.95. The van der Waals surface area contributed by atoms with Crippen molar-refractivity contribution in [1.29, 1.82) is 0 Å². The van der Waals surface area contributed by atoms with Crippen LogP contribution in [0.25, 0.3) is 22.2 Å². The van der Waals surface area contributed by atoms with Crippen LogP contribution in [0.4, 0.5) is 0 Å². The molecule has 2 aromatic heterocycles. The van der Waals surface area contributed by atoms with Crippen LogP contribution in [0.2, 0.25) is 0 Å². The molecule has 1 aliphatic rings. The van der Waals surface area contributed by atoms with Crippen molar-refractivity contribution >= 4 is 22.7 Å². The molecule has 7 heteroatoms. The number of nitrogens with zero attached hydrogens (tertiary/aromatic N) is 5. The topological polar surface area (TPSA) is 69.6 Å². The minimum atomic E-state index is 0.00320. The quantitative estimate of drug-likeness (QED) is 0.600. The van der Waals surface area contributed by atoms with Crippen molar-refractivity contribution in [3.63, 3.8) is 0 Å². The summed E-state index contributed by atoms with van der Waals surface area (Å²) in [5.74, 6) is 0.152. The third kappa shape index (κ3) is 4.62. The van der Waals surface area contributed by atoms with Crippen molar-refractivity contribution in [2.75, 3.05) is 45.8 Å². The van der Waals surface area contributed by atoms with Crippen LogP contribution in [0, 0.1) is 0 Å². The summed E-state index contributed by atoms with van der Waals surface area (Å²) in [6.07, 6.45) is 3.48. The van der Waals surface area contributed by atoms with Crippen LogP contribution in [0.5, 0.6) is 0 Å². The highest BCUT2D eigenvalue weighted by atomic mass is 16.2. The number of carbonyl (C=O) groups excluding carboxylic acids is 2. The van der Waals surface area contributed by atoms with Gasteiger partial charge in [0.25, 0.3) is 5.91 Å². The highest BCUT2D eigenvalue weighted by molar-refractivity contribution is 6.07. The number of carbonyl (C=O) groups is 2. The fourth-order valence-corrected chi connectivity index (χ4v) is 4.16. The Balaban J connectivity index is 1.53. The number of amides is 2. The molecule has 1 fully saturated rings. The van der Waals surface area contributed by atoms with E-state index in [0.717, 1.165) is 35.2 Å². The fourth-order valence-electron chi connectivity index (χ4n) is 4.16. The molecule has 4 rings (SSSR count). The Labute approximate surface area is 188 Å². The van der Waals surface area contributed by atoms with Gasteiger partial charge in [0.15, 0.2) is 0 Å². The Hall–Kier alpha value is -3.32. The van der Waals surface area contributed by atoms with E-state index in [0.29, 0.717) is 38.3 Å². The lowest BCUT2D eigenvalue weighted by Crippen LogP contribution is -2.51. The van der Waals surface area contributed by atoms with Crippen LogP contribution < -0.4 is 0 Å². The number of piperazine rings is 1. The first kappa shape index (κ1) is 21.9. The smallest absolute Gasteiger partial charge is 0.254 e. The molecule has 1 aromatic carbocycles. The van der Waals surface area contributed by atoms with Crippen LogP contribution in [-0.2, 0) is 4.79 Å². The van der Waals surface area contributed by atoms with Gasteiger partial charge in [-0.25, -0.2) is 4.98 Å². The molecular weight excluding hydrogens is 402 g/mol. The molecule has 0 N–H and O–H groups in total. The molecule has 3 heterocycles. The van der Waals surface area contributed by atoms with Crippen molar-refractivity contribution in [1.82, 2.24) is 24.7 Å². The summed E-state index contributed by atoms with van der Waals surface area (Å²) < 4.78 is 0. The van der Waals surface area contributed by atoms with Crippen LogP contribution in [0.3, 0.4) is 0 Å². The highest BCUT2D eigenvalue weighted by Crippen LogP contribution is 2.25. The zero-order chi connectivity index (χ0) is 22.5. The summed E-state index contributed by atoms with van der Waals surface area (Å²) in [6.45, 7) is 8.44. The number of likely N-dealkylation sites (N-methyl/N-ethyl adjacent to an activating group) is 1. The average Bonchev–Trinajstić information content (AvgIpc) is 2.84. The molecular formula is C25H29N5O2. The van der Waals surface area contributed by atoms with Crippen molar-refractivity contribution in [3.8, 4) is 11.3 Å². The number of hydrogen-bond donors (Lipinski definition) is 0. The summed E-state index contributed by atoms with van der Waals surface area (Å²) in [5.41, 5.74) is 3.07. The lowest BCUT2D eigenvalue weighted by molar-refractivity contribution is -0.132. The first-order chi connectivity index (χ1) is 15.6. The maximum Gasteiger partial charge on any atom is 0.254 e. The highest BCUT2D eigenvalue weighted by Gasteiger charge is 2.26. The van der Waals surface area contributed by atoms with E-state index < -0.39 is 0 Å². The molecule has 0 atom stereocenters. The van der Waals surface area contributed by atoms with E-state index in [2.05, 4.69) is 9.88 Å². The normalized spacial score (nSPS) is 14.5. The number of pyridine rings is 2. The summed E-state index contributed by atoms with van der Waals surface area (Å²) >= 11 is 0. The first-order valence-corrected chi connectivity index (χ1v) is 11.2. The van der Waals surface area contributed by atoms with E-state index in [1.807, 2.05) is 66.1 Å². The average molecular weight is 432 g/mol. The van der Waals surface area contributed by atoms with Crippen molar-refractivity contribution in [2.45, 2.75) is 13.8 Å². The summed E-state index contributed by atoms with van der Waals surface area (Å²) in [4.78, 5) is 40.7. The maximum absolute atomic E-state index is 13.5. The molecule has 0 saturated carbocycles. The van der Waals surface area contributed by atoms with Gasteiger partial charge in [0, 0.05) is 62.6 Å². The second kappa shape index (κ2) is 9.87. The fraction of sp³-hybridized carbons (Fsp3) is 0.360. The van der Waals surface area contributed by atoms with Crippen molar-refractivity contribution in [2.24, 2.45) is 0 Å². The van der Waals surface area contributed by atoms with Gasteiger partial charge in [-0.3, -0.25) is 19.5 Å². The molecule has 3 aromatic rings. The SMILES string of the molecule is CCN(CC)C(=O)CN1CCN(C(=O)c2cc(-c3cccnc3)nc3ccccc23)CC1. The molecule has 0 unspecified atom stereocenters. The molecule has 0 radical (unpaired) electrons. The van der Waals surface area contributed by atoms with E-state index in [-0.39, 0.29) is 11.8 Å². The van der Waals surface area contributed by atoms with Gasteiger partial charge in [0.1, 0.15) is 0 Å². The molecule has 0 spiro atoms. The summed E-state index contributed by atoms with van der Waals surface area (Å²) in [6, 6.07) is 13.4. The molecule has 1 saturated heterocycles. The zero-order valence-corrected chi connectivity index (χ0v) is 18.7. The Morgan fingerprint density at radius 1 is 1.00 bits per heavy atom. The zero-order valence-electron chi connectivity index (χ0n) is 18.7. The van der Waals surface area contributed by atoms with Gasteiger partial charge in [-0.1, -0.05) is 18.2 Å². The number of fused-ring (bicyclic) bond motifs is 1. The number of benzene rings is 1. The standard InChI is InChI=1S/C25H29N5O2/c1-3-29(4-2)24(31)18-28-12-14-30(15-13-28)25(32)21-16-23(19-8-7-11-26-17-19)27-22-10-6-5-9-20(21)22/h5-11,16-17H,3-4,12-15,18H2,1-2H3. The maximum atomic E-state index is 13.5. The third-order valence-electron chi connectivity index (χ3n) is 6.04. The van der Waals surface area contributed by atoms with E-state index in [1.165, 1.54) is 0 Å². The van der Waals surface area contributed by atoms with E-state index in [9.17, 15) is 9.59 Å². The number of hydrogen-bond acceptors (Lipinski definition) is 5. The van der Waals surface area contributed by atoms with Gasteiger partial charge < -0.3 is 9.80 Å². The molecule has 166 valence electrons. The lowest BCUT2D eigenvalue weighted by atomic mass is 10.0. The van der Waals surface area contributed by atoms with Crippen LogP contribution in [0.1, 0.15) is 24.2 Å². The largest absolute Gasteiger partial charge is 0.342 e. The van der Waals surface area contributed by atoms with Crippen LogP contribution in [-0.4, -0.2) is 82.3 Å². The minimum Gasteiger partial charge on any atom is -0.342 e. The van der Waals surface area contributed by atoms with Gasteiger partial charge in [0.05, 0.1) is 23.3 Å². The molecule has 1 aliphatic heterocycles. The predicted octanol–water partition coefficient (Wildman–Crippen LogP) is 2.92. The third-order valence-corrected chi connectivity index (χ3v) is 6.04. The monoisotopic (exact) mass is 431 g/mol. The first-order valence-electron chi connectivity index (χ1n) is 11.2. The predicted molar refractivity (Wildman–Crippen MR) is 125 cm³/mol. The lowest BCUT2D eigenvalue weighted by Gasteiger charge is -2.35. The number of rotatable bonds is 6. The van der Waals surface area contributed by atoms with Gasteiger partial charge in [-0.15, -0.1) is 0 Å². The van der Waals surface area contributed by atoms with E-state index >= 15 is 0 Å². The number of para-hydroxylation sites is 1. The van der Waals surface area contributed by atoms with Crippen molar-refractivity contribution in [3.05, 3.63) is 60.4 Å². The van der Waals surface area contributed by atoms with Gasteiger partial charge in [0.2, 0.25) is 5.91 Å². The Kier molecular flexibility index (Phi) is 6.75. The van der Waals surface area contributed by atoms with Gasteiger partial charge in [-0.2, -0.15) is 0 Å². The van der Waals surface area contributed by atoms with E-state index in [1.54, 1.807) is 12.4 Å². The summed E-state index contributed by atoms with van der Waals surface area (Å²) in [5, 5.41) is 0.851. The second-order valence-corrected chi connectivity index (χ2v) is 7.95. The molecule has 0 bridgehead atoms. The molecule has 0 aliphatic carbocycles. The van der Waals surface area contributed by atoms with Gasteiger partial charge >= 0.3 is 0 Å². The molecule has 2 amide bonds. The molecule has 7 nitrogen and oxygen atoms in total.